The number of ether oxygens (including phenoxy) is 1. The van der Waals surface area contributed by atoms with Crippen LogP contribution in [-0.4, -0.2) is 30.5 Å². The Bertz CT molecular complexity index is 694. The van der Waals surface area contributed by atoms with Gasteiger partial charge in [-0.25, -0.2) is 0 Å². The van der Waals surface area contributed by atoms with E-state index in [9.17, 15) is 4.79 Å². The van der Waals surface area contributed by atoms with Crippen molar-refractivity contribution in [2.24, 2.45) is 0 Å². The van der Waals surface area contributed by atoms with Crippen molar-refractivity contribution in [2.75, 3.05) is 25.0 Å². The number of para-hydroxylation sites is 2. The lowest BCUT2D eigenvalue weighted by atomic mass is 10.0. The number of carbonyl (C=O) groups is 1. The van der Waals surface area contributed by atoms with Crippen molar-refractivity contribution in [3.05, 3.63) is 60.2 Å². The predicted molar refractivity (Wildman–Crippen MR) is 105 cm³/mol. The van der Waals surface area contributed by atoms with Gasteiger partial charge in [0.2, 0.25) is 5.91 Å². The number of benzene rings is 2. The third kappa shape index (κ3) is 4.64. The molecule has 4 heteroatoms. The fraction of sp³-hybridized carbons (Fsp3) is 0.409. The molecule has 1 unspecified atom stereocenters. The fourth-order valence-corrected chi connectivity index (χ4v) is 3.57. The molecule has 0 aliphatic carbocycles. The van der Waals surface area contributed by atoms with Gasteiger partial charge in [-0.05, 0) is 50.6 Å². The Hall–Kier alpha value is -2.33. The Morgan fingerprint density at radius 1 is 1.00 bits per heavy atom. The van der Waals surface area contributed by atoms with Crippen LogP contribution < -0.4 is 10.1 Å². The molecule has 0 aromatic heterocycles. The maximum absolute atomic E-state index is 13.3. The molecule has 1 atom stereocenters. The van der Waals surface area contributed by atoms with E-state index >= 15 is 0 Å². The van der Waals surface area contributed by atoms with Gasteiger partial charge in [0.05, 0.1) is 12.3 Å². The second-order valence-electron chi connectivity index (χ2n) is 6.68. The second kappa shape index (κ2) is 9.39. The van der Waals surface area contributed by atoms with E-state index in [0.29, 0.717) is 12.4 Å². The average Bonchev–Trinajstić information content (AvgIpc) is 2.94. The van der Waals surface area contributed by atoms with Gasteiger partial charge in [-0.2, -0.15) is 0 Å². The van der Waals surface area contributed by atoms with Crippen molar-refractivity contribution in [1.82, 2.24) is 4.90 Å². The highest BCUT2D eigenvalue weighted by atomic mass is 16.5. The maximum atomic E-state index is 13.3. The molecule has 0 saturated carbocycles. The predicted octanol–water partition coefficient (Wildman–Crippen LogP) is 4.64. The van der Waals surface area contributed by atoms with Gasteiger partial charge in [0, 0.05) is 0 Å². The Morgan fingerprint density at radius 3 is 2.35 bits per heavy atom. The van der Waals surface area contributed by atoms with E-state index in [0.717, 1.165) is 37.2 Å². The van der Waals surface area contributed by atoms with Gasteiger partial charge in [0.1, 0.15) is 11.8 Å². The normalized spacial score (nSPS) is 16.5. The maximum Gasteiger partial charge on any atom is 0.246 e. The monoisotopic (exact) mass is 352 g/mol. The number of amides is 1. The SMILES string of the molecule is CCOc1ccccc1NC(=O)C(c1ccccc1)N1CCCCCC1. The van der Waals surface area contributed by atoms with Gasteiger partial charge in [-0.15, -0.1) is 0 Å². The Morgan fingerprint density at radius 2 is 1.65 bits per heavy atom. The number of hydrogen-bond donors (Lipinski definition) is 1. The van der Waals surface area contributed by atoms with Crippen LogP contribution in [0.1, 0.15) is 44.2 Å². The van der Waals surface area contributed by atoms with Gasteiger partial charge < -0.3 is 10.1 Å². The van der Waals surface area contributed by atoms with Gasteiger partial charge >= 0.3 is 0 Å². The molecule has 0 spiro atoms. The number of carbonyl (C=O) groups excluding carboxylic acids is 1. The number of hydrogen-bond acceptors (Lipinski definition) is 3. The number of nitrogens with zero attached hydrogens (tertiary/aromatic N) is 1. The minimum Gasteiger partial charge on any atom is -0.492 e. The molecular weight excluding hydrogens is 324 g/mol. The van der Waals surface area contributed by atoms with Gasteiger partial charge in [-0.1, -0.05) is 55.3 Å². The van der Waals surface area contributed by atoms with E-state index in [1.165, 1.54) is 12.8 Å². The summed E-state index contributed by atoms with van der Waals surface area (Å²) in [6.07, 6.45) is 4.78. The first-order valence-corrected chi connectivity index (χ1v) is 9.61. The van der Waals surface area contributed by atoms with E-state index in [2.05, 4.69) is 10.2 Å². The molecule has 1 aliphatic rings. The lowest BCUT2D eigenvalue weighted by Gasteiger charge is -2.30. The largest absolute Gasteiger partial charge is 0.492 e. The smallest absolute Gasteiger partial charge is 0.246 e. The lowest BCUT2D eigenvalue weighted by Crippen LogP contribution is -2.38. The van der Waals surface area contributed by atoms with Crippen LogP contribution in [-0.2, 0) is 4.79 Å². The van der Waals surface area contributed by atoms with Gasteiger partial charge in [0.25, 0.3) is 0 Å². The van der Waals surface area contributed by atoms with E-state index in [4.69, 9.17) is 4.74 Å². The van der Waals surface area contributed by atoms with E-state index in [1.54, 1.807) is 0 Å². The van der Waals surface area contributed by atoms with Crippen molar-refractivity contribution >= 4 is 11.6 Å². The zero-order chi connectivity index (χ0) is 18.2. The third-order valence-corrected chi connectivity index (χ3v) is 4.81. The first-order valence-electron chi connectivity index (χ1n) is 9.61. The van der Waals surface area contributed by atoms with Crippen LogP contribution in [0.5, 0.6) is 5.75 Å². The summed E-state index contributed by atoms with van der Waals surface area (Å²) in [6, 6.07) is 17.4. The summed E-state index contributed by atoms with van der Waals surface area (Å²) >= 11 is 0. The first kappa shape index (κ1) is 18.5. The number of nitrogens with one attached hydrogen (secondary N) is 1. The molecule has 2 aromatic rings. The minimum atomic E-state index is -0.274. The van der Waals surface area contributed by atoms with Crippen LogP contribution in [0.2, 0.25) is 0 Å². The number of likely N-dealkylation sites (tertiary alicyclic amines) is 1. The fourth-order valence-electron chi connectivity index (χ4n) is 3.57. The summed E-state index contributed by atoms with van der Waals surface area (Å²) in [5.74, 6) is 0.719. The van der Waals surface area contributed by atoms with Crippen molar-refractivity contribution in [2.45, 2.75) is 38.6 Å². The molecule has 0 bridgehead atoms. The zero-order valence-electron chi connectivity index (χ0n) is 15.5. The molecule has 1 fully saturated rings. The average molecular weight is 352 g/mol. The molecule has 2 aromatic carbocycles. The van der Waals surface area contributed by atoms with Crippen LogP contribution in [0, 0.1) is 0 Å². The van der Waals surface area contributed by atoms with Gasteiger partial charge in [0.15, 0.2) is 0 Å². The molecule has 0 radical (unpaired) electrons. The lowest BCUT2D eigenvalue weighted by molar-refractivity contribution is -0.121. The molecule has 1 heterocycles. The van der Waals surface area contributed by atoms with Crippen molar-refractivity contribution < 1.29 is 9.53 Å². The Labute approximate surface area is 156 Å². The molecule has 138 valence electrons. The van der Waals surface area contributed by atoms with Crippen LogP contribution in [0.25, 0.3) is 0 Å². The van der Waals surface area contributed by atoms with Crippen molar-refractivity contribution in [1.29, 1.82) is 0 Å². The molecule has 1 amide bonds. The summed E-state index contributed by atoms with van der Waals surface area (Å²) in [6.45, 7) is 4.43. The number of rotatable bonds is 6. The van der Waals surface area contributed by atoms with E-state index < -0.39 is 0 Å². The second-order valence-corrected chi connectivity index (χ2v) is 6.68. The molecule has 1 N–H and O–H groups in total. The highest BCUT2D eigenvalue weighted by Crippen LogP contribution is 2.29. The Kier molecular flexibility index (Phi) is 6.67. The highest BCUT2D eigenvalue weighted by molar-refractivity contribution is 5.96. The van der Waals surface area contributed by atoms with Crippen LogP contribution in [0.3, 0.4) is 0 Å². The molecule has 1 aliphatic heterocycles. The zero-order valence-corrected chi connectivity index (χ0v) is 15.5. The number of anilines is 1. The molecule has 3 rings (SSSR count). The van der Waals surface area contributed by atoms with Crippen LogP contribution in [0.4, 0.5) is 5.69 Å². The molecular formula is C22H28N2O2. The van der Waals surface area contributed by atoms with Crippen molar-refractivity contribution in [3.63, 3.8) is 0 Å². The van der Waals surface area contributed by atoms with Crippen LogP contribution in [0.15, 0.2) is 54.6 Å². The summed E-state index contributed by atoms with van der Waals surface area (Å²) in [7, 11) is 0. The standard InChI is InChI=1S/C22H28N2O2/c1-2-26-20-15-9-8-14-19(20)23-22(25)21(18-12-6-5-7-13-18)24-16-10-3-4-11-17-24/h5-9,12-15,21H,2-4,10-11,16-17H2,1H3,(H,23,25). The minimum absolute atomic E-state index is 0.00486. The topological polar surface area (TPSA) is 41.6 Å². The first-order chi connectivity index (χ1) is 12.8. The van der Waals surface area contributed by atoms with E-state index in [-0.39, 0.29) is 11.9 Å². The summed E-state index contributed by atoms with van der Waals surface area (Å²) in [5, 5.41) is 3.11. The molecule has 1 saturated heterocycles. The molecule has 4 nitrogen and oxygen atoms in total. The third-order valence-electron chi connectivity index (χ3n) is 4.81. The van der Waals surface area contributed by atoms with Crippen molar-refractivity contribution in [3.8, 4) is 5.75 Å². The molecule has 26 heavy (non-hydrogen) atoms. The highest BCUT2D eigenvalue weighted by Gasteiger charge is 2.28. The summed E-state index contributed by atoms with van der Waals surface area (Å²) in [4.78, 5) is 15.6. The summed E-state index contributed by atoms with van der Waals surface area (Å²) in [5.41, 5.74) is 1.77. The van der Waals surface area contributed by atoms with Gasteiger partial charge in [-0.3, -0.25) is 9.69 Å². The van der Waals surface area contributed by atoms with Crippen LogP contribution >= 0.6 is 0 Å². The van der Waals surface area contributed by atoms with E-state index in [1.807, 2.05) is 61.5 Å². The quantitative estimate of drug-likeness (QED) is 0.823. The summed E-state index contributed by atoms with van der Waals surface area (Å²) < 4.78 is 5.66. The Balaban J connectivity index is 1.85.